The molecule has 1 aromatic rings. The van der Waals surface area contributed by atoms with E-state index in [4.69, 9.17) is 0 Å². The molecule has 0 unspecified atom stereocenters. The number of thioether (sulfide) groups is 1. The molecule has 0 aliphatic rings. The number of rotatable bonds is 3. The summed E-state index contributed by atoms with van der Waals surface area (Å²) in [5, 5.41) is 10.4. The van der Waals surface area contributed by atoms with Crippen molar-refractivity contribution in [3.63, 3.8) is 0 Å². The molecule has 0 spiro atoms. The van der Waals surface area contributed by atoms with Crippen molar-refractivity contribution < 1.29 is 18.3 Å². The molecule has 0 amide bonds. The van der Waals surface area contributed by atoms with Crippen molar-refractivity contribution in [1.82, 2.24) is 0 Å². The van der Waals surface area contributed by atoms with E-state index in [1.807, 2.05) is 36.3 Å². The number of aliphatic hydroxyl groups is 1. The Morgan fingerprint density at radius 1 is 1.25 bits per heavy atom. The lowest BCUT2D eigenvalue weighted by Crippen LogP contribution is -2.16. The van der Waals surface area contributed by atoms with E-state index in [2.05, 4.69) is 5.92 Å². The lowest BCUT2D eigenvalue weighted by Gasteiger charge is -2.09. The van der Waals surface area contributed by atoms with E-state index in [1.54, 1.807) is 0 Å². The van der Waals surface area contributed by atoms with Crippen LogP contribution in [0.4, 0.5) is 13.2 Å². The molecule has 1 nitrogen and oxygen atoms in total. The fourth-order valence-electron chi connectivity index (χ4n) is 1.18. The van der Waals surface area contributed by atoms with Crippen molar-refractivity contribution in [2.75, 3.05) is 0 Å². The molecule has 5 heteroatoms. The van der Waals surface area contributed by atoms with Crippen LogP contribution in [0.5, 0.6) is 0 Å². The molecule has 0 radical (unpaired) electrons. The summed E-state index contributed by atoms with van der Waals surface area (Å²) in [6, 6.07) is 9.20. The highest BCUT2D eigenvalue weighted by Crippen LogP contribution is 2.28. The topological polar surface area (TPSA) is 20.2 Å². The highest BCUT2D eigenvalue weighted by Gasteiger charge is 2.32. The van der Waals surface area contributed by atoms with Gasteiger partial charge in [0.05, 0.1) is 0 Å². The Kier molecular flexibility index (Phi) is 5.73. The van der Waals surface area contributed by atoms with Gasteiger partial charge >= 0.3 is 6.18 Å². The zero-order chi connectivity index (χ0) is 15.2. The zero-order valence-corrected chi connectivity index (χ0v) is 12.0. The van der Waals surface area contributed by atoms with E-state index in [1.165, 1.54) is 13.8 Å². The van der Waals surface area contributed by atoms with Gasteiger partial charge in [0.2, 0.25) is 0 Å². The second kappa shape index (κ2) is 6.87. The summed E-state index contributed by atoms with van der Waals surface area (Å²) >= 11 is 1.03. The van der Waals surface area contributed by atoms with Gasteiger partial charge in [-0.1, -0.05) is 42.2 Å². The average Bonchev–Trinajstić information content (AvgIpc) is 2.32. The molecule has 0 saturated carbocycles. The highest BCUT2D eigenvalue weighted by atomic mass is 32.2. The molecule has 0 aliphatic heterocycles. The maximum absolute atomic E-state index is 12.8. The maximum atomic E-state index is 12.8. The van der Waals surface area contributed by atoms with Crippen LogP contribution in [-0.2, 0) is 5.75 Å². The van der Waals surface area contributed by atoms with E-state index in [0.29, 0.717) is 5.75 Å². The SMILES string of the molecule is CC(C)(O)C#C/C(=C\SCc1ccccc1)C(F)(F)F. The van der Waals surface area contributed by atoms with Crippen LogP contribution >= 0.6 is 11.8 Å². The number of allylic oxidation sites excluding steroid dienone is 1. The molecule has 108 valence electrons. The van der Waals surface area contributed by atoms with E-state index in [0.717, 1.165) is 22.7 Å². The predicted octanol–water partition coefficient (Wildman–Crippen LogP) is 4.14. The first-order chi connectivity index (χ1) is 9.18. The van der Waals surface area contributed by atoms with Crippen molar-refractivity contribution >= 4 is 11.8 Å². The van der Waals surface area contributed by atoms with Gasteiger partial charge in [0.25, 0.3) is 0 Å². The van der Waals surface area contributed by atoms with Crippen LogP contribution in [0, 0.1) is 11.8 Å². The molecule has 1 rings (SSSR count). The molecular formula is C15H15F3OS. The van der Waals surface area contributed by atoms with Crippen LogP contribution in [-0.4, -0.2) is 16.9 Å². The molecule has 0 aromatic heterocycles. The summed E-state index contributed by atoms with van der Waals surface area (Å²) in [5.74, 6) is 4.62. The monoisotopic (exact) mass is 300 g/mol. The van der Waals surface area contributed by atoms with Gasteiger partial charge < -0.3 is 5.11 Å². The van der Waals surface area contributed by atoms with Crippen LogP contribution in [0.15, 0.2) is 41.3 Å². The Morgan fingerprint density at radius 2 is 1.85 bits per heavy atom. The third-order valence-corrected chi connectivity index (χ3v) is 3.00. The molecule has 1 N–H and O–H groups in total. The largest absolute Gasteiger partial charge is 0.424 e. The van der Waals surface area contributed by atoms with Gasteiger partial charge in [-0.05, 0) is 24.8 Å². The number of halogens is 3. The lowest BCUT2D eigenvalue weighted by molar-refractivity contribution is -0.0870. The minimum absolute atomic E-state index is 0.435. The van der Waals surface area contributed by atoms with E-state index in [9.17, 15) is 18.3 Å². The number of benzene rings is 1. The Balaban J connectivity index is 2.79. The van der Waals surface area contributed by atoms with Gasteiger partial charge in [0, 0.05) is 5.75 Å². The first-order valence-corrected chi connectivity index (χ1v) is 6.92. The number of hydrogen-bond acceptors (Lipinski definition) is 2. The molecule has 0 atom stereocenters. The normalized spacial score (nSPS) is 12.8. The van der Waals surface area contributed by atoms with Gasteiger partial charge in [-0.2, -0.15) is 13.2 Å². The van der Waals surface area contributed by atoms with Crippen molar-refractivity contribution in [2.45, 2.75) is 31.4 Å². The molecule has 0 bridgehead atoms. The average molecular weight is 300 g/mol. The van der Waals surface area contributed by atoms with Gasteiger partial charge in [-0.25, -0.2) is 0 Å². The molecule has 0 saturated heterocycles. The smallest absolute Gasteiger partial charge is 0.378 e. The van der Waals surface area contributed by atoms with Crippen molar-refractivity contribution in [2.24, 2.45) is 0 Å². The molecule has 20 heavy (non-hydrogen) atoms. The molecular weight excluding hydrogens is 285 g/mol. The Bertz CT molecular complexity index is 516. The number of alkyl halides is 3. The van der Waals surface area contributed by atoms with Gasteiger partial charge in [0.15, 0.2) is 0 Å². The summed E-state index contributed by atoms with van der Waals surface area (Å²) in [5.41, 5.74) is -1.46. The standard InChI is InChI=1S/C15H15F3OS/c1-14(2,19)9-8-13(15(16,17)18)11-20-10-12-6-4-3-5-7-12/h3-7,11,19H,10H2,1-2H3/b13-11+. The second-order valence-corrected chi connectivity index (χ2v) is 5.49. The second-order valence-electron chi connectivity index (χ2n) is 4.63. The Labute approximate surface area is 120 Å². The quantitative estimate of drug-likeness (QED) is 0.847. The van der Waals surface area contributed by atoms with Crippen LogP contribution in [0.3, 0.4) is 0 Å². The van der Waals surface area contributed by atoms with Gasteiger partial charge in [-0.15, -0.1) is 11.8 Å². The van der Waals surface area contributed by atoms with Crippen LogP contribution in [0.1, 0.15) is 19.4 Å². The highest BCUT2D eigenvalue weighted by molar-refractivity contribution is 8.01. The fraction of sp³-hybridized carbons (Fsp3) is 0.333. The zero-order valence-electron chi connectivity index (χ0n) is 11.2. The van der Waals surface area contributed by atoms with Gasteiger partial charge in [0.1, 0.15) is 11.2 Å². The van der Waals surface area contributed by atoms with Crippen molar-refractivity contribution in [1.29, 1.82) is 0 Å². The third kappa shape index (κ3) is 6.69. The fourth-order valence-corrected chi connectivity index (χ4v) is 2.01. The summed E-state index contributed by atoms with van der Waals surface area (Å²) in [4.78, 5) is 0. The summed E-state index contributed by atoms with van der Waals surface area (Å²) in [7, 11) is 0. The van der Waals surface area contributed by atoms with E-state index < -0.39 is 17.4 Å². The molecule has 0 aliphatic carbocycles. The first kappa shape index (κ1) is 16.7. The predicted molar refractivity (Wildman–Crippen MR) is 75.9 cm³/mol. The summed E-state index contributed by atoms with van der Waals surface area (Å²) in [6.45, 7) is 2.68. The van der Waals surface area contributed by atoms with Gasteiger partial charge in [-0.3, -0.25) is 0 Å². The summed E-state index contributed by atoms with van der Waals surface area (Å²) in [6.07, 6.45) is -4.51. The Hall–Kier alpha value is -1.38. The minimum atomic E-state index is -4.51. The summed E-state index contributed by atoms with van der Waals surface area (Å²) < 4.78 is 38.3. The lowest BCUT2D eigenvalue weighted by atomic mass is 10.1. The van der Waals surface area contributed by atoms with E-state index >= 15 is 0 Å². The van der Waals surface area contributed by atoms with Crippen LogP contribution in [0.2, 0.25) is 0 Å². The molecule has 0 heterocycles. The third-order valence-electron chi connectivity index (χ3n) is 2.10. The molecule has 1 aromatic carbocycles. The van der Waals surface area contributed by atoms with Crippen molar-refractivity contribution in [3.8, 4) is 11.8 Å². The number of hydrogen-bond donors (Lipinski definition) is 1. The van der Waals surface area contributed by atoms with E-state index in [-0.39, 0.29) is 0 Å². The Morgan fingerprint density at radius 3 is 2.35 bits per heavy atom. The molecule has 0 fully saturated rings. The van der Waals surface area contributed by atoms with Crippen LogP contribution in [0.25, 0.3) is 0 Å². The first-order valence-electron chi connectivity index (χ1n) is 5.87. The minimum Gasteiger partial charge on any atom is -0.378 e. The maximum Gasteiger partial charge on any atom is 0.424 e. The van der Waals surface area contributed by atoms with Crippen molar-refractivity contribution in [3.05, 3.63) is 46.9 Å². The van der Waals surface area contributed by atoms with Crippen LogP contribution < -0.4 is 0 Å².